The van der Waals surface area contributed by atoms with E-state index in [1.165, 1.54) is 18.6 Å². The van der Waals surface area contributed by atoms with Gasteiger partial charge in [-0.05, 0) is 45.6 Å². The molecule has 33 heavy (non-hydrogen) atoms. The van der Waals surface area contributed by atoms with Gasteiger partial charge in [-0.2, -0.15) is 0 Å². The second-order valence-corrected chi connectivity index (χ2v) is 8.98. The topological polar surface area (TPSA) is 106 Å². The van der Waals surface area contributed by atoms with Crippen molar-refractivity contribution >= 4 is 11.7 Å². The number of hydrogen-bond acceptors (Lipinski definition) is 6. The number of nitrogens with zero attached hydrogens (tertiary/aromatic N) is 3. The first-order valence-electron chi connectivity index (χ1n) is 12.1. The maximum absolute atomic E-state index is 11.8. The Bertz CT molecular complexity index is 667. The normalized spacial score (nSPS) is 12.0. The van der Waals surface area contributed by atoms with Gasteiger partial charge in [-0.15, -0.1) is 5.10 Å². The summed E-state index contributed by atoms with van der Waals surface area (Å²) in [5.41, 5.74) is 0.310. The van der Waals surface area contributed by atoms with Crippen molar-refractivity contribution in [1.29, 1.82) is 0 Å². The fraction of sp³-hybridized carbons (Fsp3) is 0.760. The average Bonchev–Trinajstić information content (AvgIpc) is 3.17. The van der Waals surface area contributed by atoms with Gasteiger partial charge in [0.2, 0.25) is 5.91 Å². The van der Waals surface area contributed by atoms with Gasteiger partial charge in [0, 0.05) is 25.2 Å². The monoisotopic (exact) mass is 468 g/mol. The molecule has 192 valence electrons. The third kappa shape index (κ3) is 19.1. The molecule has 1 unspecified atom stereocenters. The Kier molecular flexibility index (Phi) is 19.5. The van der Waals surface area contributed by atoms with Crippen molar-refractivity contribution in [1.82, 2.24) is 20.3 Å². The molecule has 1 aromatic heterocycles. The number of aliphatic hydroxyl groups is 1. The van der Waals surface area contributed by atoms with Crippen molar-refractivity contribution in [2.75, 3.05) is 13.2 Å². The van der Waals surface area contributed by atoms with Gasteiger partial charge in [0.1, 0.15) is 5.69 Å². The van der Waals surface area contributed by atoms with Crippen molar-refractivity contribution in [2.24, 2.45) is 11.8 Å². The van der Waals surface area contributed by atoms with E-state index < -0.39 is 0 Å². The van der Waals surface area contributed by atoms with E-state index in [0.29, 0.717) is 24.8 Å². The molecular weight excluding hydrogens is 420 g/mol. The zero-order chi connectivity index (χ0) is 25.9. The minimum Gasteiger partial charge on any atom is -0.397 e. The molecular formula is C25H48N4O4. The summed E-state index contributed by atoms with van der Waals surface area (Å²) in [6.07, 6.45) is 7.42. The lowest BCUT2D eigenvalue weighted by Gasteiger charge is -2.25. The first kappa shape index (κ1) is 33.1. The molecule has 0 radical (unpaired) electrons. The van der Waals surface area contributed by atoms with Crippen LogP contribution in [0.3, 0.4) is 0 Å². The number of aliphatic hydroxyl groups excluding tert-OH is 1. The molecule has 8 heteroatoms. The number of ether oxygens (including phenoxy) is 1. The Labute approximate surface area is 201 Å². The molecule has 0 saturated carbocycles. The number of carbonyl (C=O) groups is 2. The van der Waals surface area contributed by atoms with E-state index in [1.807, 2.05) is 27.7 Å². The molecule has 1 amide bonds. The van der Waals surface area contributed by atoms with Crippen LogP contribution in [0.1, 0.15) is 87.3 Å². The second kappa shape index (κ2) is 19.4. The highest BCUT2D eigenvalue weighted by Crippen LogP contribution is 2.14. The number of aromatic nitrogens is 3. The van der Waals surface area contributed by atoms with Crippen LogP contribution < -0.4 is 5.32 Å². The highest BCUT2D eigenvalue weighted by Gasteiger charge is 2.20. The second-order valence-electron chi connectivity index (χ2n) is 8.98. The number of nitrogens with one attached hydrogen (secondary N) is 1. The zero-order valence-electron chi connectivity index (χ0n) is 22.4. The lowest BCUT2D eigenvalue weighted by Crippen LogP contribution is -2.31. The first-order valence-corrected chi connectivity index (χ1v) is 12.1. The van der Waals surface area contributed by atoms with Crippen LogP contribution >= 0.6 is 0 Å². The standard InChI is InChI=1S/C20H34N4O3.C3H8.C2H6O/c1-7-16(4)18(25)8-9-19(26)21-12-17-13-24(23-22-17)14-20(5,6)27-11-10-15(2)3;1-3-2;1-2-3/h8-9,13,15-16H,7,10-12,14H2,1-6H3,(H,21,26);3H2,1-2H3;3H,2H2,1H3/b9-8+;;. The number of hydrogen-bond donors (Lipinski definition) is 2. The van der Waals surface area contributed by atoms with Crippen LogP contribution in [0.25, 0.3) is 0 Å². The number of rotatable bonds is 12. The molecule has 0 saturated heterocycles. The summed E-state index contributed by atoms with van der Waals surface area (Å²) in [6, 6.07) is 0. The highest BCUT2D eigenvalue weighted by molar-refractivity contribution is 5.98. The van der Waals surface area contributed by atoms with Crippen molar-refractivity contribution in [3.05, 3.63) is 24.0 Å². The SMILES string of the molecule is CCC.CCC(C)C(=O)/C=C/C(=O)NCc1cn(CC(C)(C)OCCC(C)C)nn1.CCO. The molecule has 0 aromatic carbocycles. The van der Waals surface area contributed by atoms with Crippen LogP contribution in [0.2, 0.25) is 0 Å². The van der Waals surface area contributed by atoms with E-state index >= 15 is 0 Å². The summed E-state index contributed by atoms with van der Waals surface area (Å²) in [7, 11) is 0. The molecule has 1 rings (SSSR count). The Morgan fingerprint density at radius 2 is 1.76 bits per heavy atom. The molecule has 0 bridgehead atoms. The van der Waals surface area contributed by atoms with Crippen LogP contribution in [0, 0.1) is 11.8 Å². The Balaban J connectivity index is 0. The van der Waals surface area contributed by atoms with E-state index in [9.17, 15) is 9.59 Å². The fourth-order valence-electron chi connectivity index (χ4n) is 2.26. The maximum atomic E-state index is 11.8. The van der Waals surface area contributed by atoms with Gasteiger partial charge in [0.15, 0.2) is 5.78 Å². The Morgan fingerprint density at radius 3 is 2.27 bits per heavy atom. The number of allylic oxidation sites excluding steroid dienone is 1. The quantitative estimate of drug-likeness (QED) is 0.443. The van der Waals surface area contributed by atoms with Crippen molar-refractivity contribution in [3.63, 3.8) is 0 Å². The van der Waals surface area contributed by atoms with Crippen LogP contribution in [-0.2, 0) is 27.4 Å². The van der Waals surface area contributed by atoms with Gasteiger partial charge in [-0.1, -0.05) is 53.2 Å². The van der Waals surface area contributed by atoms with E-state index in [-0.39, 0.29) is 36.4 Å². The molecule has 0 aliphatic carbocycles. The van der Waals surface area contributed by atoms with E-state index in [1.54, 1.807) is 17.8 Å². The van der Waals surface area contributed by atoms with Gasteiger partial charge in [0.05, 0.1) is 24.9 Å². The molecule has 2 N–H and O–H groups in total. The summed E-state index contributed by atoms with van der Waals surface area (Å²) < 4.78 is 7.66. The molecule has 8 nitrogen and oxygen atoms in total. The van der Waals surface area contributed by atoms with E-state index in [2.05, 4.69) is 43.3 Å². The van der Waals surface area contributed by atoms with Crippen LogP contribution in [0.5, 0.6) is 0 Å². The molecule has 1 atom stereocenters. The highest BCUT2D eigenvalue weighted by atomic mass is 16.5. The lowest BCUT2D eigenvalue weighted by atomic mass is 10.0. The summed E-state index contributed by atoms with van der Waals surface area (Å²) in [5.74, 6) is 0.175. The predicted molar refractivity (Wildman–Crippen MR) is 134 cm³/mol. The average molecular weight is 469 g/mol. The molecule has 1 aromatic rings. The minimum absolute atomic E-state index is 0.0432. The largest absolute Gasteiger partial charge is 0.397 e. The van der Waals surface area contributed by atoms with Gasteiger partial charge < -0.3 is 15.2 Å². The van der Waals surface area contributed by atoms with Crippen molar-refractivity contribution in [3.8, 4) is 0 Å². The van der Waals surface area contributed by atoms with Crippen LogP contribution in [0.4, 0.5) is 0 Å². The van der Waals surface area contributed by atoms with E-state index in [0.717, 1.165) is 12.8 Å². The van der Waals surface area contributed by atoms with Crippen molar-refractivity contribution < 1.29 is 19.4 Å². The fourth-order valence-corrected chi connectivity index (χ4v) is 2.26. The molecule has 0 spiro atoms. The number of amides is 1. The van der Waals surface area contributed by atoms with Gasteiger partial charge >= 0.3 is 0 Å². The summed E-state index contributed by atoms with van der Waals surface area (Å²) in [5, 5.41) is 18.4. The molecule has 0 fully saturated rings. The zero-order valence-corrected chi connectivity index (χ0v) is 22.4. The molecule has 0 aliphatic rings. The van der Waals surface area contributed by atoms with E-state index in [4.69, 9.17) is 9.84 Å². The van der Waals surface area contributed by atoms with Crippen molar-refractivity contribution in [2.45, 2.75) is 100 Å². The summed E-state index contributed by atoms with van der Waals surface area (Å²) in [4.78, 5) is 23.5. The smallest absolute Gasteiger partial charge is 0.244 e. The number of carbonyl (C=O) groups excluding carboxylic acids is 2. The number of ketones is 1. The first-order chi connectivity index (χ1) is 15.5. The van der Waals surface area contributed by atoms with Gasteiger partial charge in [0.25, 0.3) is 0 Å². The molecule has 1 heterocycles. The third-order valence-electron chi connectivity index (χ3n) is 4.26. The Morgan fingerprint density at radius 1 is 1.18 bits per heavy atom. The summed E-state index contributed by atoms with van der Waals surface area (Å²) >= 11 is 0. The predicted octanol–water partition coefficient (Wildman–Crippen LogP) is 4.32. The van der Waals surface area contributed by atoms with Crippen LogP contribution in [-0.4, -0.2) is 50.6 Å². The summed E-state index contributed by atoms with van der Waals surface area (Å²) in [6.45, 7) is 19.9. The third-order valence-corrected chi connectivity index (χ3v) is 4.26. The van der Waals surface area contributed by atoms with Gasteiger partial charge in [-0.25, -0.2) is 4.68 Å². The molecule has 0 aliphatic heterocycles. The lowest BCUT2D eigenvalue weighted by molar-refractivity contribution is -0.119. The Hall–Kier alpha value is -2.06. The maximum Gasteiger partial charge on any atom is 0.244 e. The van der Waals surface area contributed by atoms with Crippen LogP contribution in [0.15, 0.2) is 18.3 Å². The minimum atomic E-state index is -0.345. The van der Waals surface area contributed by atoms with Gasteiger partial charge in [-0.3, -0.25) is 9.59 Å².